The summed E-state index contributed by atoms with van der Waals surface area (Å²) in [5, 5.41) is 9.76. The summed E-state index contributed by atoms with van der Waals surface area (Å²) in [6.45, 7) is 0. The van der Waals surface area contributed by atoms with E-state index in [2.05, 4.69) is 4.72 Å². The monoisotopic (exact) mass is 333 g/mol. The van der Waals surface area contributed by atoms with Crippen molar-refractivity contribution in [3.63, 3.8) is 0 Å². The van der Waals surface area contributed by atoms with Crippen LogP contribution in [0.1, 0.15) is 9.67 Å². The predicted octanol–water partition coefficient (Wildman–Crippen LogP) is 3.40. The van der Waals surface area contributed by atoms with Crippen LogP contribution in [-0.4, -0.2) is 19.5 Å². The molecule has 112 valence electrons. The number of rotatable bonds is 4. The topological polar surface area (TPSA) is 83.5 Å². The molecule has 0 aliphatic heterocycles. The lowest BCUT2D eigenvalue weighted by Gasteiger charge is -2.07. The third-order valence-corrected chi connectivity index (χ3v) is 5.52. The molecule has 0 saturated carbocycles. The minimum absolute atomic E-state index is 0.174. The highest BCUT2D eigenvalue weighted by atomic mass is 32.2. The number of nitrogens with one attached hydrogen (secondary N) is 1. The molecule has 3 aromatic rings. The number of carboxylic acid groups (broad SMARTS) is 1. The van der Waals surface area contributed by atoms with Crippen LogP contribution in [0.2, 0.25) is 0 Å². The average Bonchev–Trinajstić information content (AvgIpc) is 2.91. The van der Waals surface area contributed by atoms with Crippen LogP contribution in [0.25, 0.3) is 10.1 Å². The third kappa shape index (κ3) is 2.81. The number of fused-ring (bicyclic) bond motifs is 1. The summed E-state index contributed by atoms with van der Waals surface area (Å²) in [6, 6.07) is 14.6. The fourth-order valence-electron chi connectivity index (χ4n) is 2.01. The molecule has 2 N–H and O–H groups in total. The lowest BCUT2D eigenvalue weighted by atomic mass is 10.2. The molecule has 0 radical (unpaired) electrons. The Morgan fingerprint density at radius 3 is 2.45 bits per heavy atom. The number of carbonyl (C=O) groups is 1. The zero-order chi connectivity index (χ0) is 15.7. The summed E-state index contributed by atoms with van der Waals surface area (Å²) >= 11 is 1.11. The van der Waals surface area contributed by atoms with Crippen LogP contribution >= 0.6 is 11.3 Å². The van der Waals surface area contributed by atoms with Gasteiger partial charge in [0.1, 0.15) is 4.88 Å². The fraction of sp³-hybridized carbons (Fsp3) is 0. The minimum Gasteiger partial charge on any atom is -0.477 e. The minimum atomic E-state index is -3.65. The first-order valence-electron chi connectivity index (χ1n) is 6.30. The summed E-state index contributed by atoms with van der Waals surface area (Å²) in [5.41, 5.74) is 0.398. The first kappa shape index (κ1) is 14.6. The van der Waals surface area contributed by atoms with Crippen LogP contribution in [0.4, 0.5) is 5.69 Å². The zero-order valence-corrected chi connectivity index (χ0v) is 12.8. The highest BCUT2D eigenvalue weighted by Gasteiger charge is 2.14. The zero-order valence-electron chi connectivity index (χ0n) is 11.2. The van der Waals surface area contributed by atoms with E-state index in [0.29, 0.717) is 10.4 Å². The average molecular weight is 333 g/mol. The van der Waals surface area contributed by atoms with Gasteiger partial charge in [-0.2, -0.15) is 0 Å². The van der Waals surface area contributed by atoms with Gasteiger partial charge in [0, 0.05) is 4.70 Å². The van der Waals surface area contributed by atoms with Crippen molar-refractivity contribution >= 4 is 43.1 Å². The molecule has 2 aromatic carbocycles. The normalized spacial score (nSPS) is 11.5. The number of carboxylic acids is 1. The van der Waals surface area contributed by atoms with Crippen LogP contribution < -0.4 is 4.72 Å². The SMILES string of the molecule is O=C(O)c1cc2ccc(NS(=O)(=O)c3ccccc3)cc2s1. The van der Waals surface area contributed by atoms with E-state index >= 15 is 0 Å². The standard InChI is InChI=1S/C15H11NO4S2/c17-15(18)14-8-10-6-7-11(9-13(10)21-14)16-22(19,20)12-4-2-1-3-5-12/h1-9,16H,(H,17,18). The molecule has 0 fully saturated rings. The number of anilines is 1. The lowest BCUT2D eigenvalue weighted by molar-refractivity contribution is 0.0702. The molecule has 0 unspecified atom stereocenters. The maximum Gasteiger partial charge on any atom is 0.345 e. The molecular formula is C15H11NO4S2. The molecule has 0 amide bonds. The van der Waals surface area contributed by atoms with Crippen molar-refractivity contribution in [2.45, 2.75) is 4.90 Å². The lowest BCUT2D eigenvalue weighted by Crippen LogP contribution is -2.12. The molecule has 0 bridgehead atoms. The van der Waals surface area contributed by atoms with E-state index in [1.165, 1.54) is 12.1 Å². The first-order valence-corrected chi connectivity index (χ1v) is 8.60. The number of hydrogen-bond acceptors (Lipinski definition) is 4. The Morgan fingerprint density at radius 1 is 1.05 bits per heavy atom. The van der Waals surface area contributed by atoms with Crippen molar-refractivity contribution < 1.29 is 18.3 Å². The summed E-state index contributed by atoms with van der Waals surface area (Å²) in [6.07, 6.45) is 0. The number of thiophene rings is 1. The molecule has 0 aliphatic carbocycles. The Morgan fingerprint density at radius 2 is 1.77 bits per heavy atom. The van der Waals surface area contributed by atoms with Gasteiger partial charge in [-0.1, -0.05) is 24.3 Å². The molecule has 1 heterocycles. The van der Waals surface area contributed by atoms with Gasteiger partial charge in [0.15, 0.2) is 0 Å². The summed E-state index contributed by atoms with van der Waals surface area (Å²) in [5.74, 6) is -0.993. The van der Waals surface area contributed by atoms with Crippen molar-refractivity contribution in [1.82, 2.24) is 0 Å². The van der Waals surface area contributed by atoms with Crippen molar-refractivity contribution in [3.05, 3.63) is 59.5 Å². The van der Waals surface area contributed by atoms with E-state index in [0.717, 1.165) is 16.7 Å². The van der Waals surface area contributed by atoms with Crippen LogP contribution in [-0.2, 0) is 10.0 Å². The van der Waals surface area contributed by atoms with Crippen LogP contribution in [0.15, 0.2) is 59.5 Å². The van der Waals surface area contributed by atoms with Crippen molar-refractivity contribution in [1.29, 1.82) is 0 Å². The van der Waals surface area contributed by atoms with Gasteiger partial charge in [-0.25, -0.2) is 13.2 Å². The second-order valence-electron chi connectivity index (χ2n) is 4.59. The van der Waals surface area contributed by atoms with Crippen molar-refractivity contribution in [2.75, 3.05) is 4.72 Å². The van der Waals surface area contributed by atoms with E-state index in [-0.39, 0.29) is 9.77 Å². The molecular weight excluding hydrogens is 322 g/mol. The van der Waals surface area contributed by atoms with Crippen molar-refractivity contribution in [3.8, 4) is 0 Å². The third-order valence-electron chi connectivity index (χ3n) is 3.04. The molecule has 0 atom stereocenters. The van der Waals surface area contributed by atoms with Gasteiger partial charge < -0.3 is 5.11 Å². The number of hydrogen-bond donors (Lipinski definition) is 2. The summed E-state index contributed by atoms with van der Waals surface area (Å²) < 4.78 is 27.7. The van der Waals surface area contributed by atoms with Crippen molar-refractivity contribution in [2.24, 2.45) is 0 Å². The number of sulfonamides is 1. The highest BCUT2D eigenvalue weighted by Crippen LogP contribution is 2.29. The van der Waals surface area contributed by atoms with Crippen LogP contribution in [0.3, 0.4) is 0 Å². The van der Waals surface area contributed by atoms with E-state index in [4.69, 9.17) is 5.11 Å². The van der Waals surface area contributed by atoms with Gasteiger partial charge in [0.2, 0.25) is 0 Å². The van der Waals surface area contributed by atoms with Crippen LogP contribution in [0.5, 0.6) is 0 Å². The number of aromatic carboxylic acids is 1. The largest absolute Gasteiger partial charge is 0.477 e. The van der Waals surface area contributed by atoms with E-state index in [1.54, 1.807) is 42.5 Å². The summed E-state index contributed by atoms with van der Waals surface area (Å²) in [4.78, 5) is 11.4. The Kier molecular flexibility index (Phi) is 3.59. The molecule has 0 saturated heterocycles. The Balaban J connectivity index is 1.96. The Labute approximate surface area is 130 Å². The maximum absolute atomic E-state index is 12.2. The van der Waals surface area contributed by atoms with Gasteiger partial charge in [0.25, 0.3) is 10.0 Å². The molecule has 5 nitrogen and oxygen atoms in total. The quantitative estimate of drug-likeness (QED) is 0.766. The second-order valence-corrected chi connectivity index (χ2v) is 7.35. The first-order chi connectivity index (χ1) is 10.5. The smallest absolute Gasteiger partial charge is 0.345 e. The molecule has 0 aliphatic rings. The van der Waals surface area contributed by atoms with Gasteiger partial charge in [0.05, 0.1) is 10.6 Å². The van der Waals surface area contributed by atoms with Gasteiger partial charge in [-0.3, -0.25) is 4.72 Å². The Hall–Kier alpha value is -2.38. The summed E-state index contributed by atoms with van der Waals surface area (Å²) in [7, 11) is -3.65. The Bertz CT molecular complexity index is 946. The number of benzene rings is 2. The van der Waals surface area contributed by atoms with E-state index in [9.17, 15) is 13.2 Å². The molecule has 0 spiro atoms. The van der Waals surface area contributed by atoms with Gasteiger partial charge >= 0.3 is 5.97 Å². The molecule has 3 rings (SSSR count). The predicted molar refractivity (Wildman–Crippen MR) is 86.0 cm³/mol. The van der Waals surface area contributed by atoms with E-state index in [1.807, 2.05) is 0 Å². The molecule has 7 heteroatoms. The van der Waals surface area contributed by atoms with Gasteiger partial charge in [-0.05, 0) is 35.7 Å². The highest BCUT2D eigenvalue weighted by molar-refractivity contribution is 7.92. The maximum atomic E-state index is 12.2. The molecule has 1 aromatic heterocycles. The second kappa shape index (κ2) is 5.43. The van der Waals surface area contributed by atoms with E-state index < -0.39 is 16.0 Å². The van der Waals surface area contributed by atoms with Gasteiger partial charge in [-0.15, -0.1) is 11.3 Å². The fourth-order valence-corrected chi connectivity index (χ4v) is 4.03. The van der Waals surface area contributed by atoms with Crippen LogP contribution in [0, 0.1) is 0 Å². The molecule has 22 heavy (non-hydrogen) atoms.